The van der Waals surface area contributed by atoms with E-state index in [2.05, 4.69) is 20.4 Å². The van der Waals surface area contributed by atoms with Gasteiger partial charge in [-0.1, -0.05) is 0 Å². The Morgan fingerprint density at radius 2 is 1.84 bits per heavy atom. The minimum absolute atomic E-state index is 0.166. The third-order valence-corrected chi connectivity index (χ3v) is 5.41. The Morgan fingerprint density at radius 1 is 1.10 bits per heavy atom. The number of carbonyl (C=O) groups is 1. The highest BCUT2D eigenvalue weighted by Gasteiger charge is 2.20. The fourth-order valence-corrected chi connectivity index (χ4v) is 3.84. The van der Waals surface area contributed by atoms with Gasteiger partial charge in [-0.15, -0.1) is 0 Å². The number of methoxy groups -OCH3 is 1. The first-order valence-electron chi connectivity index (χ1n) is 10.3. The molecule has 0 radical (unpaired) electrons. The summed E-state index contributed by atoms with van der Waals surface area (Å²) in [5.41, 5.74) is 2.70. The molecule has 1 aromatic heterocycles. The van der Waals surface area contributed by atoms with Crippen LogP contribution in [0, 0.1) is 11.6 Å². The molecule has 2 N–H and O–H groups in total. The van der Waals surface area contributed by atoms with Gasteiger partial charge in [-0.05, 0) is 61.7 Å². The Balaban J connectivity index is 1.49. The van der Waals surface area contributed by atoms with Gasteiger partial charge in [0.15, 0.2) is 0 Å². The zero-order valence-corrected chi connectivity index (χ0v) is 17.3. The van der Waals surface area contributed by atoms with Crippen LogP contribution in [-0.2, 0) is 6.54 Å². The predicted molar refractivity (Wildman–Crippen MR) is 114 cm³/mol. The van der Waals surface area contributed by atoms with Crippen LogP contribution in [0.4, 0.5) is 14.5 Å². The molecule has 1 fully saturated rings. The normalized spacial score (nSPS) is 13.8. The van der Waals surface area contributed by atoms with Gasteiger partial charge in [0, 0.05) is 24.3 Å². The first kappa shape index (κ1) is 20.8. The van der Waals surface area contributed by atoms with Crippen molar-refractivity contribution in [2.45, 2.75) is 25.8 Å². The van der Waals surface area contributed by atoms with Gasteiger partial charge in [0.25, 0.3) is 5.91 Å². The zero-order valence-electron chi connectivity index (χ0n) is 17.3. The van der Waals surface area contributed by atoms with E-state index in [1.54, 1.807) is 12.1 Å². The van der Waals surface area contributed by atoms with Crippen molar-refractivity contribution in [1.29, 1.82) is 0 Å². The summed E-state index contributed by atoms with van der Waals surface area (Å²) in [6.07, 6.45) is 3.27. The Morgan fingerprint density at radius 3 is 2.61 bits per heavy atom. The molecule has 1 aliphatic rings. The van der Waals surface area contributed by atoms with Crippen molar-refractivity contribution in [2.24, 2.45) is 0 Å². The van der Waals surface area contributed by atoms with Crippen LogP contribution in [0.25, 0.3) is 11.3 Å². The first-order chi connectivity index (χ1) is 15.0. The number of benzene rings is 2. The monoisotopic (exact) mass is 426 g/mol. The smallest absolute Gasteiger partial charge is 0.253 e. The molecular weight excluding hydrogens is 402 g/mol. The molecule has 0 atom stereocenters. The molecule has 1 aliphatic heterocycles. The van der Waals surface area contributed by atoms with E-state index >= 15 is 0 Å². The van der Waals surface area contributed by atoms with Crippen molar-refractivity contribution in [1.82, 2.24) is 15.5 Å². The van der Waals surface area contributed by atoms with Gasteiger partial charge in [0.05, 0.1) is 30.6 Å². The Kier molecular flexibility index (Phi) is 6.16. The highest BCUT2D eigenvalue weighted by atomic mass is 19.1. The summed E-state index contributed by atoms with van der Waals surface area (Å²) >= 11 is 0. The van der Waals surface area contributed by atoms with Gasteiger partial charge < -0.3 is 15.0 Å². The van der Waals surface area contributed by atoms with Crippen LogP contribution in [-0.4, -0.2) is 36.3 Å². The SMILES string of the molecule is COc1ccc(F)cc1-c1cc(CNC(=O)c2cc(F)ccc2N2CCCCC2)[nH]n1. The van der Waals surface area contributed by atoms with Crippen molar-refractivity contribution in [3.05, 3.63) is 65.4 Å². The lowest BCUT2D eigenvalue weighted by atomic mass is 10.1. The number of amides is 1. The number of aromatic nitrogens is 2. The predicted octanol–water partition coefficient (Wildman–Crippen LogP) is 4.28. The number of ether oxygens (including phenoxy) is 1. The lowest BCUT2D eigenvalue weighted by molar-refractivity contribution is 0.0950. The molecule has 0 bridgehead atoms. The lowest BCUT2D eigenvalue weighted by Gasteiger charge is -2.30. The minimum Gasteiger partial charge on any atom is -0.496 e. The van der Waals surface area contributed by atoms with Crippen LogP contribution in [0.3, 0.4) is 0 Å². The van der Waals surface area contributed by atoms with Crippen molar-refractivity contribution in [3.63, 3.8) is 0 Å². The van der Waals surface area contributed by atoms with Crippen LogP contribution in [0.5, 0.6) is 5.75 Å². The molecule has 4 rings (SSSR count). The number of carbonyl (C=O) groups excluding carboxylic acids is 1. The largest absolute Gasteiger partial charge is 0.496 e. The average Bonchev–Trinajstić information content (AvgIpc) is 3.27. The number of hydrogen-bond acceptors (Lipinski definition) is 4. The number of halogens is 2. The summed E-state index contributed by atoms with van der Waals surface area (Å²) < 4.78 is 32.8. The molecule has 2 aromatic carbocycles. The van der Waals surface area contributed by atoms with Crippen molar-refractivity contribution >= 4 is 11.6 Å². The van der Waals surface area contributed by atoms with Gasteiger partial charge in [0.1, 0.15) is 17.4 Å². The van der Waals surface area contributed by atoms with E-state index in [9.17, 15) is 13.6 Å². The molecule has 0 spiro atoms. The van der Waals surface area contributed by atoms with Gasteiger partial charge in [-0.25, -0.2) is 8.78 Å². The quantitative estimate of drug-likeness (QED) is 0.617. The molecule has 2 heterocycles. The average molecular weight is 426 g/mol. The molecule has 6 nitrogen and oxygen atoms in total. The summed E-state index contributed by atoms with van der Waals surface area (Å²) in [7, 11) is 1.50. The Hall–Kier alpha value is -3.42. The van der Waals surface area contributed by atoms with Gasteiger partial charge in [-0.3, -0.25) is 9.89 Å². The zero-order chi connectivity index (χ0) is 21.8. The standard InChI is InChI=1S/C23H24F2N4O2/c1-31-22-8-6-16(25)11-18(22)20-13-17(27-28-20)14-26-23(30)19-12-15(24)5-7-21(19)29-9-3-2-4-10-29/h5-8,11-13H,2-4,9-10,14H2,1H3,(H,26,30)(H,27,28). The van der Waals surface area contributed by atoms with Crippen LogP contribution < -0.4 is 15.0 Å². The highest BCUT2D eigenvalue weighted by molar-refractivity contribution is 5.99. The molecule has 0 saturated carbocycles. The fourth-order valence-electron chi connectivity index (χ4n) is 3.84. The van der Waals surface area contributed by atoms with E-state index in [1.165, 1.54) is 37.4 Å². The van der Waals surface area contributed by atoms with E-state index in [1.807, 2.05) is 0 Å². The number of anilines is 1. The molecule has 0 aliphatic carbocycles. The van der Waals surface area contributed by atoms with Crippen LogP contribution >= 0.6 is 0 Å². The number of rotatable bonds is 6. The number of aromatic amines is 1. The molecule has 0 unspecified atom stereocenters. The van der Waals surface area contributed by atoms with E-state index in [0.717, 1.165) is 38.0 Å². The van der Waals surface area contributed by atoms with Crippen molar-refractivity contribution in [3.8, 4) is 17.0 Å². The number of hydrogen-bond donors (Lipinski definition) is 2. The molecule has 3 aromatic rings. The topological polar surface area (TPSA) is 70.2 Å². The second-order valence-electron chi connectivity index (χ2n) is 7.51. The summed E-state index contributed by atoms with van der Waals surface area (Å²) in [5, 5.41) is 9.86. The maximum Gasteiger partial charge on any atom is 0.253 e. The summed E-state index contributed by atoms with van der Waals surface area (Å²) in [5.74, 6) is -0.716. The summed E-state index contributed by atoms with van der Waals surface area (Å²) in [6, 6.07) is 10.2. The first-order valence-corrected chi connectivity index (χ1v) is 10.3. The van der Waals surface area contributed by atoms with Crippen LogP contribution in [0.1, 0.15) is 35.3 Å². The Labute approximate surface area is 179 Å². The fraction of sp³-hybridized carbons (Fsp3) is 0.304. The van der Waals surface area contributed by atoms with Gasteiger partial charge in [-0.2, -0.15) is 5.10 Å². The second-order valence-corrected chi connectivity index (χ2v) is 7.51. The lowest BCUT2D eigenvalue weighted by Crippen LogP contribution is -2.32. The number of nitrogens with one attached hydrogen (secondary N) is 2. The minimum atomic E-state index is -0.451. The third-order valence-electron chi connectivity index (χ3n) is 5.41. The number of nitrogens with zero attached hydrogens (tertiary/aromatic N) is 2. The van der Waals surface area contributed by atoms with E-state index in [4.69, 9.17) is 4.74 Å². The maximum atomic E-state index is 13.9. The van der Waals surface area contributed by atoms with Crippen molar-refractivity contribution < 1.29 is 18.3 Å². The Bertz CT molecular complexity index is 1080. The third kappa shape index (κ3) is 4.68. The molecule has 1 saturated heterocycles. The van der Waals surface area contributed by atoms with Crippen LogP contribution in [0.2, 0.25) is 0 Å². The molecule has 31 heavy (non-hydrogen) atoms. The molecule has 8 heteroatoms. The van der Waals surface area contributed by atoms with E-state index < -0.39 is 11.6 Å². The van der Waals surface area contributed by atoms with E-state index in [-0.39, 0.29) is 12.5 Å². The molecule has 162 valence electrons. The number of piperidine rings is 1. The number of H-pyrrole nitrogens is 1. The summed E-state index contributed by atoms with van der Waals surface area (Å²) in [4.78, 5) is 15.0. The maximum absolute atomic E-state index is 13.9. The van der Waals surface area contributed by atoms with Crippen molar-refractivity contribution in [2.75, 3.05) is 25.1 Å². The molecular formula is C23H24F2N4O2. The van der Waals surface area contributed by atoms with Crippen LogP contribution in [0.15, 0.2) is 42.5 Å². The van der Waals surface area contributed by atoms with Gasteiger partial charge >= 0.3 is 0 Å². The summed E-state index contributed by atoms with van der Waals surface area (Å²) in [6.45, 7) is 1.87. The highest BCUT2D eigenvalue weighted by Crippen LogP contribution is 2.30. The van der Waals surface area contributed by atoms with E-state index in [0.29, 0.717) is 28.3 Å². The van der Waals surface area contributed by atoms with Gasteiger partial charge in [0.2, 0.25) is 0 Å². The molecule has 1 amide bonds. The second kappa shape index (κ2) is 9.16.